The number of benzene rings is 6. The first-order valence-corrected chi connectivity index (χ1v) is 17.1. The Morgan fingerprint density at radius 1 is 0.592 bits per heavy atom. The van der Waals surface area contributed by atoms with Gasteiger partial charge in [-0.15, -0.1) is 5.11 Å². The molecular weight excluding hydrogens is 841 g/mol. The van der Waals surface area contributed by atoms with Gasteiger partial charge in [-0.05, 0) is 53.2 Å². The Morgan fingerprint density at radius 2 is 1.06 bits per heavy atom. The van der Waals surface area contributed by atoms with Gasteiger partial charge in [0, 0.05) is 10.8 Å². The molecule has 2 N–H and O–H groups in total. The van der Waals surface area contributed by atoms with Crippen molar-refractivity contribution in [2.45, 2.75) is 9.79 Å². The maximum atomic E-state index is 12.0. The first-order valence-electron chi connectivity index (χ1n) is 13.5. The molecule has 0 atom stereocenters. The number of rotatable bonds is 6. The van der Waals surface area contributed by atoms with Crippen LogP contribution in [0.3, 0.4) is 0 Å². The average Bonchev–Trinajstić information content (AvgIpc) is 3.03. The van der Waals surface area contributed by atoms with Gasteiger partial charge in [0.05, 0.1) is 32.0 Å². The van der Waals surface area contributed by atoms with Crippen molar-refractivity contribution in [2.24, 2.45) is 20.5 Å². The molecule has 0 saturated heterocycles. The van der Waals surface area contributed by atoms with E-state index >= 15 is 0 Å². The van der Waals surface area contributed by atoms with E-state index in [1.54, 1.807) is 30.3 Å². The molecule has 0 aliphatic rings. The van der Waals surface area contributed by atoms with E-state index in [9.17, 15) is 31.6 Å². The summed E-state index contributed by atoms with van der Waals surface area (Å²) >= 11 is 11.6. The molecule has 0 aliphatic carbocycles. The standard InChI is InChI=1S/2C16H11ClN2O4S.Ba/c2*17-13-9-11(6-8-15(13)24(21,22)23)18-19-16-12-4-2-1-3-10(12)5-7-14(16)20;/h2*1-9,20H,(H,21,22,23);/q;;+2/p-2. The molecule has 17 heteroatoms. The fraction of sp³-hybridized carbons (Fsp3) is 0. The first kappa shape index (κ1) is 38.4. The second-order valence-electron chi connectivity index (χ2n) is 9.85. The summed E-state index contributed by atoms with van der Waals surface area (Å²) in [6, 6.07) is 28.3. The summed E-state index contributed by atoms with van der Waals surface area (Å²) < 4.78 is 64.3. The van der Waals surface area contributed by atoms with E-state index in [4.69, 9.17) is 27.8 Å². The van der Waals surface area contributed by atoms with Gasteiger partial charge in [-0.3, -0.25) is 4.55 Å². The molecule has 0 aliphatic heterocycles. The van der Waals surface area contributed by atoms with Gasteiger partial charge in [-0.1, -0.05) is 95.7 Å². The third-order valence-corrected chi connectivity index (χ3v) is 9.31. The zero-order chi connectivity index (χ0) is 34.6. The molecule has 0 fully saturated rings. The largest absolute Gasteiger partial charge is 2.00 e. The predicted molar refractivity (Wildman–Crippen MR) is 184 cm³/mol. The number of azo groups is 2. The number of nitrogens with zero attached hydrogens (tertiary/aromatic N) is 4. The van der Waals surface area contributed by atoms with E-state index in [1.165, 1.54) is 36.4 Å². The van der Waals surface area contributed by atoms with E-state index in [-0.39, 0.29) is 87.5 Å². The Bertz CT molecular complexity index is 2310. The second-order valence-corrected chi connectivity index (χ2v) is 13.4. The minimum atomic E-state index is -4.66. The summed E-state index contributed by atoms with van der Waals surface area (Å²) in [4.78, 5) is -0.936. The van der Waals surface area contributed by atoms with E-state index < -0.39 is 30.0 Å². The Kier molecular flexibility index (Phi) is 12.6. The summed E-state index contributed by atoms with van der Waals surface area (Å²) in [5, 5.41) is 40.6. The average molecular weight is 861 g/mol. The summed E-state index contributed by atoms with van der Waals surface area (Å²) in [5.74, 6) is -0.319. The monoisotopic (exact) mass is 860 g/mol. The van der Waals surface area contributed by atoms with Crippen LogP contribution in [0.25, 0.3) is 21.5 Å². The van der Waals surface area contributed by atoms with Crippen LogP contribution in [-0.4, -0.2) is 79.9 Å². The fourth-order valence-electron chi connectivity index (χ4n) is 4.42. The van der Waals surface area contributed by atoms with Gasteiger partial charge in [0.1, 0.15) is 26.5 Å². The van der Waals surface area contributed by atoms with Crippen LogP contribution in [0.5, 0.6) is 11.5 Å². The van der Waals surface area contributed by atoms with Crippen molar-refractivity contribution < 1.29 is 36.2 Å². The molecule has 0 aromatic heterocycles. The van der Waals surface area contributed by atoms with E-state index in [2.05, 4.69) is 20.5 Å². The van der Waals surface area contributed by atoms with Crippen LogP contribution in [-0.2, 0) is 20.2 Å². The first-order chi connectivity index (χ1) is 22.7. The quantitative estimate of drug-likeness (QED) is 0.0944. The number of hydrogen-bond donors (Lipinski definition) is 2. The number of aromatic hydroxyl groups is 1. The summed E-state index contributed by atoms with van der Waals surface area (Å²) in [6.45, 7) is 0. The number of phenols is 1. The Morgan fingerprint density at radius 3 is 1.57 bits per heavy atom. The van der Waals surface area contributed by atoms with Gasteiger partial charge in [0.15, 0.2) is 0 Å². The molecule has 6 aromatic carbocycles. The normalized spacial score (nSPS) is 11.8. The molecule has 0 spiro atoms. The zero-order valence-electron chi connectivity index (χ0n) is 24.8. The maximum Gasteiger partial charge on any atom is 2.00 e. The molecule has 49 heavy (non-hydrogen) atoms. The minimum Gasteiger partial charge on any atom is -0.871 e. The molecule has 244 valence electrons. The van der Waals surface area contributed by atoms with Crippen LogP contribution in [0.1, 0.15) is 0 Å². The van der Waals surface area contributed by atoms with Gasteiger partial charge < -0.3 is 14.8 Å². The van der Waals surface area contributed by atoms with Crippen molar-refractivity contribution in [1.29, 1.82) is 0 Å². The molecular formula is C32H20BaCl2N4O8S2. The smallest absolute Gasteiger partial charge is 0.871 e. The molecule has 6 aromatic rings. The molecule has 0 unspecified atom stereocenters. The van der Waals surface area contributed by atoms with Gasteiger partial charge in [0.25, 0.3) is 10.1 Å². The number of halogens is 2. The summed E-state index contributed by atoms with van der Waals surface area (Å²) in [6.07, 6.45) is 0. The molecule has 6 rings (SSSR count). The third-order valence-electron chi connectivity index (χ3n) is 6.65. The minimum absolute atomic E-state index is 0. The van der Waals surface area contributed by atoms with Crippen LogP contribution in [0.15, 0.2) is 139 Å². The van der Waals surface area contributed by atoms with Crippen LogP contribution in [0.2, 0.25) is 10.0 Å². The van der Waals surface area contributed by atoms with Gasteiger partial charge in [-0.25, -0.2) is 8.42 Å². The van der Waals surface area contributed by atoms with Crippen LogP contribution in [0, 0.1) is 0 Å². The van der Waals surface area contributed by atoms with Gasteiger partial charge >= 0.3 is 48.9 Å². The Hall–Kier alpha value is -3.39. The van der Waals surface area contributed by atoms with Crippen LogP contribution in [0.4, 0.5) is 22.7 Å². The zero-order valence-corrected chi connectivity index (χ0v) is 32.4. The molecule has 0 amide bonds. The topological polar surface area (TPSA) is 204 Å². The molecule has 12 nitrogen and oxygen atoms in total. The molecule has 0 saturated carbocycles. The van der Waals surface area contributed by atoms with Crippen molar-refractivity contribution in [3.63, 3.8) is 0 Å². The number of phenolic OH excluding ortho intramolecular Hbond substituents is 1. The Labute approximate surface area is 330 Å². The Balaban J connectivity index is 0.000000216. The SMILES string of the molecule is O=S(=O)(O)c1ccc(N=Nc2c(O)ccc3ccccc23)cc1Cl.O=S(=O)([O-])c1ccc(N=Nc2c([O-])ccc3ccccc23)cc1Cl.[Ba+2]. The van der Waals surface area contributed by atoms with Gasteiger partial charge in [0.2, 0.25) is 0 Å². The van der Waals surface area contributed by atoms with Gasteiger partial charge in [-0.2, -0.15) is 23.8 Å². The molecule has 0 radical (unpaired) electrons. The fourth-order valence-corrected chi connectivity index (χ4v) is 6.42. The second kappa shape index (κ2) is 16.1. The number of fused-ring (bicyclic) bond motifs is 2. The molecule has 0 heterocycles. The summed E-state index contributed by atoms with van der Waals surface area (Å²) in [5.41, 5.74) is 0.965. The van der Waals surface area contributed by atoms with Crippen LogP contribution < -0.4 is 5.11 Å². The molecule has 0 bridgehead atoms. The van der Waals surface area contributed by atoms with Crippen molar-refractivity contribution in [1.82, 2.24) is 0 Å². The maximum absolute atomic E-state index is 12.0. The van der Waals surface area contributed by atoms with Crippen molar-refractivity contribution in [2.75, 3.05) is 0 Å². The number of hydrogen-bond acceptors (Lipinski definition) is 11. The van der Waals surface area contributed by atoms with Crippen molar-refractivity contribution in [3.8, 4) is 11.5 Å². The third kappa shape index (κ3) is 9.44. The van der Waals surface area contributed by atoms with E-state index in [0.29, 0.717) is 11.1 Å². The van der Waals surface area contributed by atoms with E-state index in [1.807, 2.05) is 30.3 Å². The predicted octanol–water partition coefficient (Wildman–Crippen LogP) is 8.37. The van der Waals surface area contributed by atoms with Crippen LogP contribution >= 0.6 is 23.2 Å². The summed E-state index contributed by atoms with van der Waals surface area (Å²) in [7, 11) is -9.05. The van der Waals surface area contributed by atoms with Crippen molar-refractivity contribution in [3.05, 3.63) is 119 Å². The van der Waals surface area contributed by atoms with E-state index in [0.717, 1.165) is 28.3 Å². The van der Waals surface area contributed by atoms with Crippen molar-refractivity contribution >= 4 is 137 Å².